The predicted molar refractivity (Wildman–Crippen MR) is 77.6 cm³/mol. The van der Waals surface area contributed by atoms with Crippen molar-refractivity contribution in [1.82, 2.24) is 4.49 Å². The van der Waals surface area contributed by atoms with Gasteiger partial charge in [0, 0.05) is 17.1 Å². The third kappa shape index (κ3) is 2.22. The average molecular weight is 269 g/mol. The standard InChI is InChI=1S/C15H13N2OS/c1-11-7-9-12(10-8-11)14-15(19-16-17(14)18)13-5-3-2-4-6-13/h2-10H,1H3,(H,16,18)/q+1. The summed E-state index contributed by atoms with van der Waals surface area (Å²) in [5.74, 6) is 0. The summed E-state index contributed by atoms with van der Waals surface area (Å²) in [5, 5.41) is 0. The third-order valence-electron chi connectivity index (χ3n) is 3.01. The summed E-state index contributed by atoms with van der Waals surface area (Å²) in [7, 11) is 0. The van der Waals surface area contributed by atoms with Gasteiger partial charge in [-0.1, -0.05) is 52.5 Å². The normalized spacial score (nSPS) is 10.6. The van der Waals surface area contributed by atoms with Crippen LogP contribution < -0.4 is 4.54 Å². The van der Waals surface area contributed by atoms with Gasteiger partial charge in [-0.05, 0) is 19.1 Å². The maximum absolute atomic E-state index is 12.0. The van der Waals surface area contributed by atoms with E-state index in [4.69, 9.17) is 0 Å². The van der Waals surface area contributed by atoms with E-state index in [2.05, 4.69) is 4.49 Å². The van der Waals surface area contributed by atoms with Crippen molar-refractivity contribution < 1.29 is 4.54 Å². The topological polar surface area (TPSA) is 38.8 Å². The van der Waals surface area contributed by atoms with Crippen molar-refractivity contribution in [2.45, 2.75) is 6.92 Å². The van der Waals surface area contributed by atoms with Gasteiger partial charge in [0.15, 0.2) is 4.54 Å². The van der Waals surface area contributed by atoms with Crippen molar-refractivity contribution in [3.05, 3.63) is 65.1 Å². The monoisotopic (exact) mass is 269 g/mol. The van der Waals surface area contributed by atoms with Crippen LogP contribution >= 0.6 is 11.5 Å². The van der Waals surface area contributed by atoms with Gasteiger partial charge >= 0.3 is 5.69 Å². The number of hydrogen-bond acceptors (Lipinski definition) is 2. The number of aromatic nitrogens is 2. The highest BCUT2D eigenvalue weighted by molar-refractivity contribution is 7.09. The van der Waals surface area contributed by atoms with E-state index >= 15 is 0 Å². The lowest BCUT2D eigenvalue weighted by Crippen LogP contribution is -2.16. The molecule has 0 atom stereocenters. The van der Waals surface area contributed by atoms with Crippen molar-refractivity contribution in [3.8, 4) is 21.7 Å². The maximum atomic E-state index is 12.0. The summed E-state index contributed by atoms with van der Waals surface area (Å²) in [6.45, 7) is 2.03. The number of rotatable bonds is 2. The zero-order valence-electron chi connectivity index (χ0n) is 10.5. The second kappa shape index (κ2) is 4.82. The molecule has 3 nitrogen and oxygen atoms in total. The Bertz CT molecular complexity index is 742. The second-order valence-corrected chi connectivity index (χ2v) is 5.19. The Kier molecular flexibility index (Phi) is 3.01. The molecule has 1 aromatic heterocycles. The minimum Gasteiger partial charge on any atom is -0.0645 e. The van der Waals surface area contributed by atoms with E-state index in [9.17, 15) is 4.91 Å². The van der Waals surface area contributed by atoms with Gasteiger partial charge in [-0.3, -0.25) is 0 Å². The summed E-state index contributed by atoms with van der Waals surface area (Å²) < 4.78 is 3.58. The van der Waals surface area contributed by atoms with Crippen LogP contribution in [0.5, 0.6) is 0 Å². The Morgan fingerprint density at radius 1 is 0.947 bits per heavy atom. The average Bonchev–Trinajstić information content (AvgIpc) is 2.83. The minimum atomic E-state index is 0.677. The molecule has 0 fully saturated rings. The third-order valence-corrected chi connectivity index (χ3v) is 3.90. The van der Waals surface area contributed by atoms with Crippen LogP contribution in [-0.4, -0.2) is 4.49 Å². The lowest BCUT2D eigenvalue weighted by molar-refractivity contribution is -0.542. The fraction of sp³-hybridized carbons (Fsp3) is 0.0667. The highest BCUT2D eigenvalue weighted by atomic mass is 32.1. The Balaban J connectivity index is 2.19. The van der Waals surface area contributed by atoms with E-state index in [0.717, 1.165) is 20.5 Å². The largest absolute Gasteiger partial charge is 0.319 e. The van der Waals surface area contributed by atoms with Gasteiger partial charge in [-0.2, -0.15) is 0 Å². The summed E-state index contributed by atoms with van der Waals surface area (Å²) in [6.07, 6.45) is 0. The van der Waals surface area contributed by atoms with Gasteiger partial charge in [0.1, 0.15) is 4.88 Å². The van der Waals surface area contributed by atoms with Crippen LogP contribution in [0, 0.1) is 11.8 Å². The Morgan fingerprint density at radius 2 is 1.63 bits per heavy atom. The Morgan fingerprint density at radius 3 is 2.32 bits per heavy atom. The van der Waals surface area contributed by atoms with E-state index in [-0.39, 0.29) is 0 Å². The zero-order valence-corrected chi connectivity index (χ0v) is 11.3. The smallest absolute Gasteiger partial charge is 0.0645 e. The first-order chi connectivity index (χ1) is 9.25. The number of nitrogens with zero attached hydrogens (tertiary/aromatic N) is 1. The number of aromatic amines is 1. The van der Waals surface area contributed by atoms with Gasteiger partial charge in [0.25, 0.3) is 0 Å². The minimum absolute atomic E-state index is 0.677. The summed E-state index contributed by atoms with van der Waals surface area (Å²) in [5.41, 5.74) is 3.84. The molecule has 3 aromatic rings. The zero-order chi connectivity index (χ0) is 13.2. The molecule has 1 N–H and O–H groups in total. The van der Waals surface area contributed by atoms with Gasteiger partial charge in [0.05, 0.1) is 10.5 Å². The number of H-pyrrole nitrogens is 1. The lowest BCUT2D eigenvalue weighted by atomic mass is 10.1. The highest BCUT2D eigenvalue weighted by Crippen LogP contribution is 2.31. The van der Waals surface area contributed by atoms with Gasteiger partial charge in [-0.15, -0.1) is 0 Å². The van der Waals surface area contributed by atoms with Crippen LogP contribution in [0.3, 0.4) is 0 Å². The summed E-state index contributed by atoms with van der Waals surface area (Å²) in [4.78, 5) is 12.9. The van der Waals surface area contributed by atoms with Crippen molar-refractivity contribution in [2.75, 3.05) is 0 Å². The highest BCUT2D eigenvalue weighted by Gasteiger charge is 2.22. The molecule has 4 heteroatoms. The number of nitrogens with one attached hydrogen (secondary N) is 1. The molecule has 0 aliphatic rings. The molecular weight excluding hydrogens is 256 g/mol. The lowest BCUT2D eigenvalue weighted by Gasteiger charge is -1.97. The number of benzene rings is 2. The number of hydrogen-bond donors (Lipinski definition) is 1. The second-order valence-electron chi connectivity index (χ2n) is 4.40. The summed E-state index contributed by atoms with van der Waals surface area (Å²) >= 11 is 1.35. The SMILES string of the molecule is Cc1ccc(-c2c(-c3ccccc3)s[nH][n+]2=O)cc1. The molecule has 19 heavy (non-hydrogen) atoms. The maximum Gasteiger partial charge on any atom is 0.319 e. The molecule has 2 aromatic carbocycles. The first kappa shape index (κ1) is 11.9. The molecule has 1 heterocycles. The van der Waals surface area contributed by atoms with Gasteiger partial charge in [-0.25, -0.2) is 0 Å². The summed E-state index contributed by atoms with van der Waals surface area (Å²) in [6, 6.07) is 17.9. The first-order valence-corrected chi connectivity index (χ1v) is 6.84. The van der Waals surface area contributed by atoms with E-state index in [1.807, 2.05) is 61.5 Å². The van der Waals surface area contributed by atoms with Crippen LogP contribution in [0.25, 0.3) is 21.7 Å². The molecule has 0 amide bonds. The number of aryl methyl sites for hydroxylation is 1. The molecule has 94 valence electrons. The van der Waals surface area contributed by atoms with E-state index in [1.165, 1.54) is 17.1 Å². The quantitative estimate of drug-likeness (QED) is 0.709. The first-order valence-electron chi connectivity index (χ1n) is 6.02. The van der Waals surface area contributed by atoms with E-state index in [1.54, 1.807) is 0 Å². The van der Waals surface area contributed by atoms with Gasteiger partial charge in [0.2, 0.25) is 0 Å². The molecule has 0 spiro atoms. The fourth-order valence-corrected chi connectivity index (χ4v) is 2.84. The Hall–Kier alpha value is -2.20. The van der Waals surface area contributed by atoms with Crippen molar-refractivity contribution in [3.63, 3.8) is 0 Å². The molecule has 0 saturated carbocycles. The van der Waals surface area contributed by atoms with Crippen LogP contribution in [0.15, 0.2) is 54.6 Å². The molecule has 0 aliphatic carbocycles. The molecule has 0 aliphatic heterocycles. The molecule has 3 rings (SSSR count). The van der Waals surface area contributed by atoms with Crippen LogP contribution in [-0.2, 0) is 0 Å². The van der Waals surface area contributed by atoms with Crippen LogP contribution in [0.4, 0.5) is 0 Å². The van der Waals surface area contributed by atoms with Crippen LogP contribution in [0.1, 0.15) is 5.56 Å². The Labute approximate surface area is 114 Å². The van der Waals surface area contributed by atoms with Crippen molar-refractivity contribution in [2.24, 2.45) is 0 Å². The van der Waals surface area contributed by atoms with E-state index in [0.29, 0.717) is 5.69 Å². The molecule has 0 bridgehead atoms. The fourth-order valence-electron chi connectivity index (χ4n) is 2.02. The van der Waals surface area contributed by atoms with E-state index < -0.39 is 0 Å². The van der Waals surface area contributed by atoms with Crippen molar-refractivity contribution >= 4 is 11.5 Å². The molecule has 0 saturated heterocycles. The molecular formula is C15H13N2OS+. The van der Waals surface area contributed by atoms with Crippen LogP contribution in [0.2, 0.25) is 0 Å². The van der Waals surface area contributed by atoms with Gasteiger partial charge < -0.3 is 0 Å². The van der Waals surface area contributed by atoms with Crippen molar-refractivity contribution in [1.29, 1.82) is 0 Å². The molecule has 0 unspecified atom stereocenters. The molecule has 0 radical (unpaired) electrons. The predicted octanol–water partition coefficient (Wildman–Crippen LogP) is 3.63.